The molecule has 0 saturated heterocycles. The number of carbonyl (C=O) groups is 4. The van der Waals surface area contributed by atoms with Gasteiger partial charge in [-0.3, -0.25) is 24.5 Å². The van der Waals surface area contributed by atoms with Gasteiger partial charge in [-0.25, -0.2) is 0 Å². The van der Waals surface area contributed by atoms with E-state index in [1.165, 1.54) is 61.6 Å². The number of rotatable bonds is 10. The third kappa shape index (κ3) is 23.8. The lowest BCUT2D eigenvalue weighted by atomic mass is 9.81. The number of nitrogen functional groups attached to an aromatic ring is 1. The van der Waals surface area contributed by atoms with Gasteiger partial charge in [0.2, 0.25) is 0 Å². The number of nitrogens with two attached hydrogens (primary N) is 3. The number of aldehydes is 1. The van der Waals surface area contributed by atoms with Crippen LogP contribution in [0.1, 0.15) is 177 Å². The summed E-state index contributed by atoms with van der Waals surface area (Å²) in [5.74, 6) is 15.6. The summed E-state index contributed by atoms with van der Waals surface area (Å²) in [5, 5.41) is 12.5. The third-order valence-electron chi connectivity index (χ3n) is 16.7. The minimum absolute atomic E-state index is 0.0734. The molecule has 8 aromatic rings. The molecule has 0 aliphatic heterocycles. The van der Waals surface area contributed by atoms with Gasteiger partial charge in [0, 0.05) is 54.9 Å². The molecule has 93 heavy (non-hydrogen) atoms. The number of anilines is 4. The molecule has 0 atom stereocenters. The summed E-state index contributed by atoms with van der Waals surface area (Å²) >= 11 is 2.22. The average Bonchev–Trinajstić information content (AvgIpc) is 1.13. The Balaban J connectivity index is 0.000000179. The lowest BCUT2D eigenvalue weighted by Gasteiger charge is -2.34. The number of hydrogen-bond acceptors (Lipinski definition) is 8. The zero-order valence-electron chi connectivity index (χ0n) is 54.2. The molecule has 0 aromatic heterocycles. The summed E-state index contributed by atoms with van der Waals surface area (Å²) in [5.41, 5.74) is 30.4. The molecule has 478 valence electrons. The largest absolute Gasteiger partial charge is 0.397 e. The Hall–Kier alpha value is -9.07. The highest BCUT2D eigenvalue weighted by molar-refractivity contribution is 14.1. The van der Waals surface area contributed by atoms with Gasteiger partial charge in [-0.2, -0.15) is 0 Å². The van der Waals surface area contributed by atoms with Crippen molar-refractivity contribution in [2.45, 2.75) is 147 Å². The van der Waals surface area contributed by atoms with Crippen molar-refractivity contribution in [2.75, 3.05) is 21.7 Å². The van der Waals surface area contributed by atoms with Crippen LogP contribution in [0.2, 0.25) is 0 Å². The van der Waals surface area contributed by atoms with Crippen LogP contribution >= 0.6 is 22.6 Å². The van der Waals surface area contributed by atoms with Crippen LogP contribution in [0.3, 0.4) is 0 Å². The summed E-state index contributed by atoms with van der Waals surface area (Å²) in [7, 11) is 0. The van der Waals surface area contributed by atoms with Crippen LogP contribution in [0.25, 0.3) is 0 Å². The summed E-state index contributed by atoms with van der Waals surface area (Å²) < 4.78 is 1.12. The molecule has 0 bridgehead atoms. The predicted octanol–water partition coefficient (Wildman–Crippen LogP) is 16.9. The molecule has 0 unspecified atom stereocenters. The Morgan fingerprint density at radius 3 is 1.29 bits per heavy atom. The zero-order valence-corrected chi connectivity index (χ0v) is 56.3. The van der Waals surface area contributed by atoms with Crippen LogP contribution < -0.4 is 38.5 Å². The quantitative estimate of drug-likeness (QED) is 0.0304. The fourth-order valence-electron chi connectivity index (χ4n) is 10.8. The molecule has 12 heteroatoms. The number of benzene rings is 8. The molecule has 0 radical (unpaired) electrons. The molecule has 8 aromatic carbocycles. The molecule has 0 spiro atoms. The Labute approximate surface area is 565 Å². The van der Waals surface area contributed by atoms with Gasteiger partial charge in [0.25, 0.3) is 17.7 Å². The summed E-state index contributed by atoms with van der Waals surface area (Å²) in [4.78, 5) is 47.0. The average molecular weight is 1350 g/mol. The standard InChI is InChI=1S/C29H31N3O.C22H24N2O.C14H12INO.C8H13N.C8H8O/c1-22-9-11-24(12-10-22)21-31-29(18-5-2-6-19-29)20-17-23-13-15-25(16-14-23)28(33)32-27-8-4-3-7-26(27)30;1-17-7-3-4-8-20(17)24-21(25)19-11-9-18(10-12-19)13-16-22(23)14-5-2-6-15-22;1-10-4-2-3-5-13(10)16-14(17)11-6-8-12(15)9-7-11;1-2-8(9)6-4-3-5-7-8;1-7-2-4-8(6-9)5-3-7/h3-4,7-16,31H,2,5-6,18-19,21,30H2,1H3,(H,32,33);3-4,7-12H,2,5-6,14-15,23H2,1H3,(H,24,25);2-9H,1H3,(H,16,17);1H,3-7,9H2;2-6H,1H3. The first kappa shape index (κ1) is 71.4. The predicted molar refractivity (Wildman–Crippen MR) is 392 cm³/mol. The van der Waals surface area contributed by atoms with Crippen LogP contribution in [0.15, 0.2) is 194 Å². The lowest BCUT2D eigenvalue weighted by Crippen LogP contribution is -2.45. The van der Waals surface area contributed by atoms with Crippen molar-refractivity contribution in [3.05, 3.63) is 259 Å². The van der Waals surface area contributed by atoms with Crippen molar-refractivity contribution in [3.8, 4) is 36.0 Å². The number of carbonyl (C=O) groups excluding carboxylic acids is 4. The molecule has 0 heterocycles. The van der Waals surface area contributed by atoms with Gasteiger partial charge >= 0.3 is 0 Å². The fraction of sp³-hybridized carbons (Fsp3) is 0.284. The topological polar surface area (TPSA) is 194 Å². The SMILES string of the molecule is C#CC1(N)CCCCC1.Cc1ccc(C=O)cc1.Cc1ccc(CNC2(C#Cc3ccc(C(=O)Nc4ccccc4N)cc3)CCCCC2)cc1.Cc1ccccc1NC(=O)c1ccc(C#CC2(N)CCCCC2)cc1.Cc1ccccc1NC(=O)c1ccc(I)cc1. The molecule has 10 N–H and O–H groups in total. The van der Waals surface area contributed by atoms with Gasteiger partial charge in [0.1, 0.15) is 6.29 Å². The molecular weight excluding hydrogens is 1260 g/mol. The van der Waals surface area contributed by atoms with E-state index in [1.54, 1.807) is 12.1 Å². The van der Waals surface area contributed by atoms with Gasteiger partial charge in [-0.05, 0) is 203 Å². The first-order chi connectivity index (χ1) is 44.8. The second kappa shape index (κ2) is 36.2. The van der Waals surface area contributed by atoms with Crippen molar-refractivity contribution in [2.24, 2.45) is 11.5 Å². The Bertz CT molecular complexity index is 3890. The Kier molecular flexibility index (Phi) is 27.8. The second-order valence-corrected chi connectivity index (χ2v) is 25.6. The minimum atomic E-state index is -0.348. The number of halogens is 1. The molecule has 3 aliphatic carbocycles. The van der Waals surface area contributed by atoms with E-state index in [4.69, 9.17) is 23.6 Å². The molecule has 3 saturated carbocycles. The third-order valence-corrected chi connectivity index (χ3v) is 17.5. The molecular formula is C81H88IN7O4. The van der Waals surface area contributed by atoms with Gasteiger partial charge in [0.05, 0.1) is 28.0 Å². The smallest absolute Gasteiger partial charge is 0.255 e. The number of aryl methyl sites for hydroxylation is 4. The van der Waals surface area contributed by atoms with Crippen molar-refractivity contribution >= 4 is 69.3 Å². The molecule has 3 aliphatic rings. The van der Waals surface area contributed by atoms with Crippen LogP contribution in [0.4, 0.5) is 22.7 Å². The first-order valence-electron chi connectivity index (χ1n) is 32.1. The number of para-hydroxylation sites is 4. The molecule has 11 rings (SSSR count). The molecule has 11 nitrogen and oxygen atoms in total. The van der Waals surface area contributed by atoms with Crippen molar-refractivity contribution < 1.29 is 19.2 Å². The summed E-state index contributed by atoms with van der Waals surface area (Å²) in [6, 6.07) is 61.2. The van der Waals surface area contributed by atoms with E-state index in [0.29, 0.717) is 28.1 Å². The van der Waals surface area contributed by atoms with Crippen LogP contribution in [-0.4, -0.2) is 40.6 Å². The number of amides is 3. The second-order valence-electron chi connectivity index (χ2n) is 24.3. The fourth-order valence-corrected chi connectivity index (χ4v) is 11.1. The van der Waals surface area contributed by atoms with Crippen LogP contribution in [0, 0.1) is 67.3 Å². The van der Waals surface area contributed by atoms with E-state index in [1.807, 2.05) is 178 Å². The van der Waals surface area contributed by atoms with E-state index < -0.39 is 0 Å². The van der Waals surface area contributed by atoms with Crippen LogP contribution in [0.5, 0.6) is 0 Å². The van der Waals surface area contributed by atoms with E-state index >= 15 is 0 Å². The maximum absolute atomic E-state index is 12.6. The van der Waals surface area contributed by atoms with Gasteiger partial charge in [0.15, 0.2) is 0 Å². The van der Waals surface area contributed by atoms with Gasteiger partial charge in [-0.1, -0.05) is 196 Å². The minimum Gasteiger partial charge on any atom is -0.397 e. The maximum Gasteiger partial charge on any atom is 0.255 e. The zero-order chi connectivity index (χ0) is 66.5. The Morgan fingerprint density at radius 1 is 0.473 bits per heavy atom. The van der Waals surface area contributed by atoms with E-state index in [0.717, 1.165) is 107 Å². The summed E-state index contributed by atoms with van der Waals surface area (Å²) in [6.45, 7) is 8.87. The van der Waals surface area contributed by atoms with Gasteiger partial charge in [-0.15, -0.1) is 6.42 Å². The highest BCUT2D eigenvalue weighted by atomic mass is 127. The highest BCUT2D eigenvalue weighted by Crippen LogP contribution is 2.30. The monoisotopic (exact) mass is 1350 g/mol. The van der Waals surface area contributed by atoms with Crippen molar-refractivity contribution in [1.29, 1.82) is 0 Å². The number of terminal acetylenes is 1. The van der Waals surface area contributed by atoms with E-state index in [2.05, 4.69) is 105 Å². The normalized spacial score (nSPS) is 14.6. The highest BCUT2D eigenvalue weighted by Gasteiger charge is 2.30. The first-order valence-corrected chi connectivity index (χ1v) is 33.2. The number of nitrogens with one attached hydrogen (secondary N) is 4. The Morgan fingerprint density at radius 2 is 0.860 bits per heavy atom. The molecule has 3 amide bonds. The summed E-state index contributed by atoms with van der Waals surface area (Å²) in [6.07, 6.45) is 23.1. The van der Waals surface area contributed by atoms with Gasteiger partial charge < -0.3 is 33.2 Å². The van der Waals surface area contributed by atoms with Crippen molar-refractivity contribution in [3.63, 3.8) is 0 Å². The van der Waals surface area contributed by atoms with Crippen LogP contribution in [-0.2, 0) is 6.54 Å². The van der Waals surface area contributed by atoms with Crippen molar-refractivity contribution in [1.82, 2.24) is 5.32 Å². The maximum atomic E-state index is 12.6. The lowest BCUT2D eigenvalue weighted by molar-refractivity contribution is 0.101. The number of hydrogen-bond donors (Lipinski definition) is 7. The molecule has 3 fully saturated rings. The van der Waals surface area contributed by atoms with E-state index in [-0.39, 0.29) is 34.3 Å². The van der Waals surface area contributed by atoms with E-state index in [9.17, 15) is 19.2 Å².